The molecule has 5 heteroatoms. The molecule has 1 rings (SSSR count). The molecule has 78 valence electrons. The summed E-state index contributed by atoms with van der Waals surface area (Å²) in [6, 6.07) is 2.84. The summed E-state index contributed by atoms with van der Waals surface area (Å²) in [7, 11) is 0. The topological polar surface area (TPSA) is 66.5 Å². The van der Waals surface area contributed by atoms with Crippen LogP contribution >= 0.6 is 0 Å². The van der Waals surface area contributed by atoms with Gasteiger partial charge in [0.2, 0.25) is 0 Å². The van der Waals surface area contributed by atoms with Crippen LogP contribution in [0.5, 0.6) is 11.5 Å². The summed E-state index contributed by atoms with van der Waals surface area (Å²) in [6.45, 7) is 0. The molecular formula is C9H11F2NO2. The fraction of sp³-hybridized carbons (Fsp3) is 0.333. The lowest BCUT2D eigenvalue weighted by Gasteiger charge is -2.11. The molecule has 1 aromatic rings. The van der Waals surface area contributed by atoms with Gasteiger partial charge < -0.3 is 15.9 Å². The SMILES string of the molecule is NC(Cc1cccc(O)c1O)C(F)F. The van der Waals surface area contributed by atoms with Gasteiger partial charge in [-0.2, -0.15) is 0 Å². The van der Waals surface area contributed by atoms with Crippen LogP contribution in [0, 0.1) is 0 Å². The van der Waals surface area contributed by atoms with Gasteiger partial charge in [-0.3, -0.25) is 0 Å². The predicted molar refractivity (Wildman–Crippen MR) is 47.5 cm³/mol. The number of benzene rings is 1. The Balaban J connectivity index is 2.82. The Kier molecular flexibility index (Phi) is 3.24. The van der Waals surface area contributed by atoms with Crippen molar-refractivity contribution in [2.45, 2.75) is 18.9 Å². The first kappa shape index (κ1) is 10.7. The van der Waals surface area contributed by atoms with Gasteiger partial charge in [-0.05, 0) is 18.1 Å². The summed E-state index contributed by atoms with van der Waals surface area (Å²) in [4.78, 5) is 0. The lowest BCUT2D eigenvalue weighted by molar-refractivity contribution is 0.115. The number of phenolic OH excluding ortho intramolecular Hbond substituents is 2. The minimum Gasteiger partial charge on any atom is -0.504 e. The van der Waals surface area contributed by atoms with Crippen molar-refractivity contribution in [2.75, 3.05) is 0 Å². The molecule has 0 amide bonds. The lowest BCUT2D eigenvalue weighted by Crippen LogP contribution is -2.30. The molecule has 1 unspecified atom stereocenters. The minimum absolute atomic E-state index is 0.169. The molecule has 0 fully saturated rings. The third-order valence-electron chi connectivity index (χ3n) is 1.88. The van der Waals surface area contributed by atoms with Gasteiger partial charge >= 0.3 is 0 Å². The van der Waals surface area contributed by atoms with E-state index in [1.165, 1.54) is 18.2 Å². The number of alkyl halides is 2. The molecule has 0 aromatic heterocycles. The van der Waals surface area contributed by atoms with Crippen LogP contribution in [-0.2, 0) is 6.42 Å². The second kappa shape index (κ2) is 4.23. The van der Waals surface area contributed by atoms with Crippen molar-refractivity contribution in [3.8, 4) is 11.5 Å². The van der Waals surface area contributed by atoms with Gasteiger partial charge in [0.15, 0.2) is 11.5 Å². The monoisotopic (exact) mass is 203 g/mol. The average Bonchev–Trinajstić information content (AvgIpc) is 2.12. The van der Waals surface area contributed by atoms with Crippen molar-refractivity contribution in [2.24, 2.45) is 5.73 Å². The number of hydrogen-bond acceptors (Lipinski definition) is 3. The van der Waals surface area contributed by atoms with Gasteiger partial charge in [-0.1, -0.05) is 12.1 Å². The molecule has 0 saturated heterocycles. The zero-order valence-electron chi connectivity index (χ0n) is 7.32. The van der Waals surface area contributed by atoms with Gasteiger partial charge in [-0.15, -0.1) is 0 Å². The third-order valence-corrected chi connectivity index (χ3v) is 1.88. The van der Waals surface area contributed by atoms with Crippen LogP contribution in [0.2, 0.25) is 0 Å². The maximum absolute atomic E-state index is 12.1. The number of phenols is 2. The van der Waals surface area contributed by atoms with Crippen molar-refractivity contribution in [3.63, 3.8) is 0 Å². The standard InChI is InChI=1S/C9H11F2NO2/c10-9(11)6(12)4-5-2-1-3-7(13)8(5)14/h1-3,6,9,13-14H,4,12H2. The van der Waals surface area contributed by atoms with Gasteiger partial charge in [0.05, 0.1) is 6.04 Å². The van der Waals surface area contributed by atoms with Gasteiger partial charge in [-0.25, -0.2) is 8.78 Å². The molecule has 0 aliphatic carbocycles. The molecule has 1 aromatic carbocycles. The Hall–Kier alpha value is -1.36. The molecule has 0 aliphatic heterocycles. The summed E-state index contributed by atoms with van der Waals surface area (Å²) in [6.07, 6.45) is -2.81. The van der Waals surface area contributed by atoms with E-state index in [2.05, 4.69) is 0 Å². The van der Waals surface area contributed by atoms with Crippen LogP contribution in [-0.4, -0.2) is 22.7 Å². The second-order valence-corrected chi connectivity index (χ2v) is 2.99. The van der Waals surface area contributed by atoms with E-state index in [1.54, 1.807) is 0 Å². The second-order valence-electron chi connectivity index (χ2n) is 2.99. The number of halogens is 2. The Labute approximate surface area is 79.8 Å². The summed E-state index contributed by atoms with van der Waals surface area (Å²) in [5.74, 6) is -0.715. The van der Waals surface area contributed by atoms with E-state index >= 15 is 0 Å². The van der Waals surface area contributed by atoms with Crippen molar-refractivity contribution in [1.29, 1.82) is 0 Å². The van der Waals surface area contributed by atoms with Crippen molar-refractivity contribution in [1.82, 2.24) is 0 Å². The predicted octanol–water partition coefficient (Wildman–Crippen LogP) is 1.23. The van der Waals surface area contributed by atoms with Crippen LogP contribution in [0.3, 0.4) is 0 Å². The van der Waals surface area contributed by atoms with E-state index in [0.717, 1.165) is 0 Å². The highest BCUT2D eigenvalue weighted by Crippen LogP contribution is 2.29. The van der Waals surface area contributed by atoms with Crippen LogP contribution in [0.15, 0.2) is 18.2 Å². The molecule has 0 saturated carbocycles. The van der Waals surface area contributed by atoms with E-state index in [4.69, 9.17) is 10.8 Å². The fourth-order valence-corrected chi connectivity index (χ4v) is 1.09. The van der Waals surface area contributed by atoms with Crippen LogP contribution in [0.4, 0.5) is 8.78 Å². The third kappa shape index (κ3) is 2.32. The lowest BCUT2D eigenvalue weighted by atomic mass is 10.1. The molecule has 0 bridgehead atoms. The molecule has 4 N–H and O–H groups in total. The molecule has 0 spiro atoms. The first-order valence-electron chi connectivity index (χ1n) is 4.06. The molecule has 0 aliphatic rings. The molecule has 14 heavy (non-hydrogen) atoms. The normalized spacial score (nSPS) is 13.1. The molecular weight excluding hydrogens is 192 g/mol. The molecule has 1 atom stereocenters. The summed E-state index contributed by atoms with van der Waals surface area (Å²) >= 11 is 0. The Morgan fingerprint density at radius 1 is 1.29 bits per heavy atom. The number of rotatable bonds is 3. The van der Waals surface area contributed by atoms with E-state index < -0.39 is 12.5 Å². The minimum atomic E-state index is -2.64. The van der Waals surface area contributed by atoms with Crippen molar-refractivity contribution in [3.05, 3.63) is 23.8 Å². The number of nitrogens with two attached hydrogens (primary N) is 1. The zero-order valence-corrected chi connectivity index (χ0v) is 7.32. The number of aromatic hydroxyl groups is 2. The van der Waals surface area contributed by atoms with E-state index in [-0.39, 0.29) is 23.5 Å². The van der Waals surface area contributed by atoms with Crippen LogP contribution in [0.1, 0.15) is 5.56 Å². The van der Waals surface area contributed by atoms with Gasteiger partial charge in [0.1, 0.15) is 0 Å². The zero-order chi connectivity index (χ0) is 10.7. The smallest absolute Gasteiger partial charge is 0.253 e. The quantitative estimate of drug-likeness (QED) is 0.647. The molecule has 0 heterocycles. The number of hydrogen-bond donors (Lipinski definition) is 3. The first-order chi connectivity index (χ1) is 6.52. The Morgan fingerprint density at radius 3 is 2.50 bits per heavy atom. The van der Waals surface area contributed by atoms with E-state index in [1.807, 2.05) is 0 Å². The van der Waals surface area contributed by atoms with Crippen molar-refractivity contribution >= 4 is 0 Å². The summed E-state index contributed by atoms with van der Waals surface area (Å²) in [5.41, 5.74) is 5.34. The maximum atomic E-state index is 12.1. The van der Waals surface area contributed by atoms with E-state index in [0.29, 0.717) is 0 Å². The van der Waals surface area contributed by atoms with E-state index in [9.17, 15) is 13.9 Å². The van der Waals surface area contributed by atoms with Crippen LogP contribution < -0.4 is 5.73 Å². The maximum Gasteiger partial charge on any atom is 0.253 e. The Morgan fingerprint density at radius 2 is 1.93 bits per heavy atom. The average molecular weight is 203 g/mol. The molecule has 0 radical (unpaired) electrons. The summed E-state index contributed by atoms with van der Waals surface area (Å²) < 4.78 is 24.2. The van der Waals surface area contributed by atoms with Crippen LogP contribution in [0.25, 0.3) is 0 Å². The highest BCUT2D eigenvalue weighted by atomic mass is 19.3. The van der Waals surface area contributed by atoms with Crippen molar-refractivity contribution < 1.29 is 19.0 Å². The Bertz CT molecular complexity index is 318. The molecule has 3 nitrogen and oxygen atoms in total. The first-order valence-corrected chi connectivity index (χ1v) is 4.06. The van der Waals surface area contributed by atoms with Gasteiger partial charge in [0, 0.05) is 0 Å². The number of para-hydroxylation sites is 1. The summed E-state index contributed by atoms with van der Waals surface area (Å²) in [5, 5.41) is 18.4. The largest absolute Gasteiger partial charge is 0.504 e. The highest BCUT2D eigenvalue weighted by molar-refractivity contribution is 5.44. The van der Waals surface area contributed by atoms with Gasteiger partial charge in [0.25, 0.3) is 6.43 Å². The fourth-order valence-electron chi connectivity index (χ4n) is 1.09. The highest BCUT2D eigenvalue weighted by Gasteiger charge is 2.18.